The zero-order valence-electron chi connectivity index (χ0n) is 6.39. The van der Waals surface area contributed by atoms with Crippen LogP contribution in [-0.4, -0.2) is 0 Å². The van der Waals surface area contributed by atoms with Gasteiger partial charge >= 0.3 is 0 Å². The minimum atomic E-state index is 0.612. The average Bonchev–Trinajstić information content (AvgIpc) is 1.63. The first-order valence-electron chi connectivity index (χ1n) is 3.23. The van der Waals surface area contributed by atoms with Gasteiger partial charge in [-0.25, -0.2) is 0 Å². The van der Waals surface area contributed by atoms with Gasteiger partial charge in [0.25, 0.3) is 0 Å². The van der Waals surface area contributed by atoms with Gasteiger partial charge in [-0.05, 0) is 18.9 Å². The molecule has 0 aliphatic carbocycles. The lowest BCUT2D eigenvalue weighted by atomic mass is 10.2. The summed E-state index contributed by atoms with van der Waals surface area (Å²) in [4.78, 5) is 0. The molecule has 0 saturated heterocycles. The Hall–Kier alpha value is -0.720. The minimum absolute atomic E-state index is 0.612. The van der Waals surface area contributed by atoms with Crippen molar-refractivity contribution >= 4 is 0 Å². The van der Waals surface area contributed by atoms with Gasteiger partial charge in [-0.15, -0.1) is 0 Å². The van der Waals surface area contributed by atoms with Gasteiger partial charge in [-0.2, -0.15) is 0 Å². The highest BCUT2D eigenvalue weighted by Gasteiger charge is 1.79. The molecule has 0 rings (SSSR count). The van der Waals surface area contributed by atoms with Crippen molar-refractivity contribution in [2.75, 3.05) is 0 Å². The summed E-state index contributed by atoms with van der Waals surface area (Å²) in [6.45, 7) is 6.15. The van der Waals surface area contributed by atoms with E-state index >= 15 is 0 Å². The van der Waals surface area contributed by atoms with Gasteiger partial charge in [0, 0.05) is 5.70 Å². The summed E-state index contributed by atoms with van der Waals surface area (Å²) >= 11 is 0. The first kappa shape index (κ1) is 8.28. The molecule has 1 nitrogen and oxygen atoms in total. The van der Waals surface area contributed by atoms with Crippen LogP contribution in [0.3, 0.4) is 0 Å². The molecule has 0 amide bonds. The molecule has 0 saturated carbocycles. The Morgan fingerprint density at radius 3 is 2.33 bits per heavy atom. The third-order valence-electron chi connectivity index (χ3n) is 0.855. The smallest absolute Gasteiger partial charge is 0.00487 e. The van der Waals surface area contributed by atoms with E-state index in [1.54, 1.807) is 0 Å². The Bertz CT molecular complexity index is 117. The minimum Gasteiger partial charge on any atom is -0.402 e. The first-order chi connectivity index (χ1) is 4.13. The second-order valence-corrected chi connectivity index (χ2v) is 2.54. The van der Waals surface area contributed by atoms with Crippen LogP contribution in [0.4, 0.5) is 0 Å². The van der Waals surface area contributed by atoms with Gasteiger partial charge in [0.2, 0.25) is 0 Å². The van der Waals surface area contributed by atoms with Gasteiger partial charge in [0.05, 0.1) is 0 Å². The summed E-state index contributed by atoms with van der Waals surface area (Å²) in [5.74, 6) is 0.612. The standard InChI is InChI=1S/C8H15N/c1-7(2)5-4-6-8(3)9/h4-7H,9H2,1-3H3/b5-4-,8-6+. The van der Waals surface area contributed by atoms with E-state index in [1.807, 2.05) is 19.1 Å². The molecule has 0 aliphatic heterocycles. The number of hydrogen-bond donors (Lipinski definition) is 1. The van der Waals surface area contributed by atoms with Gasteiger partial charge in [0.15, 0.2) is 0 Å². The second-order valence-electron chi connectivity index (χ2n) is 2.54. The highest BCUT2D eigenvalue weighted by atomic mass is 14.5. The SMILES string of the molecule is C/C(N)=C\C=C/C(C)C. The summed E-state index contributed by atoms with van der Waals surface area (Å²) in [5.41, 5.74) is 6.24. The second kappa shape index (κ2) is 4.19. The van der Waals surface area contributed by atoms with Crippen LogP contribution in [0.25, 0.3) is 0 Å². The molecule has 52 valence electrons. The molecule has 1 heteroatoms. The first-order valence-corrected chi connectivity index (χ1v) is 3.23. The maximum absolute atomic E-state index is 5.39. The number of rotatable bonds is 2. The number of nitrogens with two attached hydrogens (primary N) is 1. The molecule has 2 N–H and O–H groups in total. The summed E-state index contributed by atoms with van der Waals surface area (Å²) in [7, 11) is 0. The predicted octanol–water partition coefficient (Wildman–Crippen LogP) is 2.06. The fourth-order valence-corrected chi connectivity index (χ4v) is 0.430. The molecule has 0 unspecified atom stereocenters. The molecule has 0 heterocycles. The normalized spacial score (nSPS) is 13.6. The van der Waals surface area contributed by atoms with Gasteiger partial charge in [-0.3, -0.25) is 0 Å². The Balaban J connectivity index is 3.60. The maximum atomic E-state index is 5.39. The predicted molar refractivity (Wildman–Crippen MR) is 41.9 cm³/mol. The zero-order valence-corrected chi connectivity index (χ0v) is 6.39. The molecular formula is C8H15N. The fraction of sp³-hybridized carbons (Fsp3) is 0.500. The Labute approximate surface area is 57.3 Å². The average molecular weight is 125 g/mol. The molecule has 0 spiro atoms. The van der Waals surface area contributed by atoms with Crippen LogP contribution in [0.2, 0.25) is 0 Å². The monoisotopic (exact) mass is 125 g/mol. The van der Waals surface area contributed by atoms with E-state index in [0.717, 1.165) is 5.70 Å². The molecule has 0 aromatic heterocycles. The van der Waals surface area contributed by atoms with Crippen LogP contribution in [-0.2, 0) is 0 Å². The topological polar surface area (TPSA) is 26.0 Å². The van der Waals surface area contributed by atoms with Crippen molar-refractivity contribution in [3.63, 3.8) is 0 Å². The summed E-state index contributed by atoms with van der Waals surface area (Å²) in [6.07, 6.45) is 6.00. The fourth-order valence-electron chi connectivity index (χ4n) is 0.430. The molecule has 0 atom stereocenters. The Kier molecular flexibility index (Phi) is 3.85. The van der Waals surface area contributed by atoms with E-state index in [4.69, 9.17) is 5.73 Å². The van der Waals surface area contributed by atoms with Crippen molar-refractivity contribution in [3.8, 4) is 0 Å². The highest BCUT2D eigenvalue weighted by molar-refractivity contribution is 5.07. The third-order valence-corrected chi connectivity index (χ3v) is 0.855. The van der Waals surface area contributed by atoms with E-state index in [2.05, 4.69) is 19.9 Å². The zero-order chi connectivity index (χ0) is 7.28. The van der Waals surface area contributed by atoms with Crippen LogP contribution in [0.1, 0.15) is 20.8 Å². The number of hydrogen-bond acceptors (Lipinski definition) is 1. The van der Waals surface area contributed by atoms with Crippen molar-refractivity contribution in [2.45, 2.75) is 20.8 Å². The van der Waals surface area contributed by atoms with E-state index in [9.17, 15) is 0 Å². The molecule has 0 aromatic carbocycles. The highest BCUT2D eigenvalue weighted by Crippen LogP contribution is 1.93. The van der Waals surface area contributed by atoms with Gasteiger partial charge in [-0.1, -0.05) is 26.0 Å². The Morgan fingerprint density at radius 2 is 2.00 bits per heavy atom. The van der Waals surface area contributed by atoms with Crippen molar-refractivity contribution in [3.05, 3.63) is 23.9 Å². The lowest BCUT2D eigenvalue weighted by Crippen LogP contribution is -1.87. The van der Waals surface area contributed by atoms with Crippen molar-refractivity contribution in [1.29, 1.82) is 0 Å². The molecule has 0 fully saturated rings. The molecular weight excluding hydrogens is 110 g/mol. The van der Waals surface area contributed by atoms with E-state index < -0.39 is 0 Å². The molecule has 0 aliphatic rings. The lowest BCUT2D eigenvalue weighted by molar-refractivity contribution is 0.832. The molecule has 0 aromatic rings. The van der Waals surface area contributed by atoms with Crippen molar-refractivity contribution < 1.29 is 0 Å². The molecule has 9 heavy (non-hydrogen) atoms. The summed E-state index contributed by atoms with van der Waals surface area (Å²) in [5, 5.41) is 0. The van der Waals surface area contributed by atoms with Crippen LogP contribution in [0, 0.1) is 5.92 Å². The van der Waals surface area contributed by atoms with Crippen LogP contribution >= 0.6 is 0 Å². The maximum Gasteiger partial charge on any atom is 0.00487 e. The van der Waals surface area contributed by atoms with Crippen LogP contribution in [0.5, 0.6) is 0 Å². The van der Waals surface area contributed by atoms with E-state index in [1.165, 1.54) is 0 Å². The summed E-state index contributed by atoms with van der Waals surface area (Å²) < 4.78 is 0. The van der Waals surface area contributed by atoms with Crippen molar-refractivity contribution in [2.24, 2.45) is 11.7 Å². The third kappa shape index (κ3) is 7.28. The number of allylic oxidation sites excluding steroid dienone is 4. The van der Waals surface area contributed by atoms with E-state index in [-0.39, 0.29) is 0 Å². The molecule has 0 radical (unpaired) electrons. The quantitative estimate of drug-likeness (QED) is 0.562. The van der Waals surface area contributed by atoms with Crippen molar-refractivity contribution in [1.82, 2.24) is 0 Å². The summed E-state index contributed by atoms with van der Waals surface area (Å²) in [6, 6.07) is 0. The van der Waals surface area contributed by atoms with Gasteiger partial charge < -0.3 is 5.73 Å². The van der Waals surface area contributed by atoms with E-state index in [0.29, 0.717) is 5.92 Å². The Morgan fingerprint density at radius 1 is 1.44 bits per heavy atom. The van der Waals surface area contributed by atoms with Crippen LogP contribution in [0.15, 0.2) is 23.9 Å². The van der Waals surface area contributed by atoms with Gasteiger partial charge in [0.1, 0.15) is 0 Å². The van der Waals surface area contributed by atoms with Crippen LogP contribution < -0.4 is 5.73 Å². The lowest BCUT2D eigenvalue weighted by Gasteiger charge is -1.89. The molecule has 0 bridgehead atoms. The largest absolute Gasteiger partial charge is 0.402 e.